The molecule has 2 aromatic carbocycles. The summed E-state index contributed by atoms with van der Waals surface area (Å²) < 4.78 is 40.1. The van der Waals surface area contributed by atoms with Gasteiger partial charge in [-0.05, 0) is 49.4 Å². The number of hydrogen-bond acceptors (Lipinski definition) is 6. The van der Waals surface area contributed by atoms with E-state index in [4.69, 9.17) is 9.47 Å². The molecule has 1 fully saturated rings. The van der Waals surface area contributed by atoms with Crippen molar-refractivity contribution in [1.29, 1.82) is 0 Å². The molecular formula is C28H26F2N4O4. The van der Waals surface area contributed by atoms with Crippen LogP contribution in [0.4, 0.5) is 8.78 Å². The number of H-pyrrole nitrogens is 1. The minimum atomic E-state index is -0.877. The molecule has 2 aliphatic rings. The van der Waals surface area contributed by atoms with Crippen LogP contribution in [0.5, 0.6) is 11.5 Å². The Morgan fingerprint density at radius 3 is 2.42 bits per heavy atom. The summed E-state index contributed by atoms with van der Waals surface area (Å²) in [7, 11) is 2.58. The van der Waals surface area contributed by atoms with Crippen molar-refractivity contribution in [2.24, 2.45) is 0 Å². The van der Waals surface area contributed by atoms with Gasteiger partial charge < -0.3 is 19.5 Å². The van der Waals surface area contributed by atoms with Crippen molar-refractivity contribution >= 4 is 16.8 Å². The number of benzene rings is 2. The minimum absolute atomic E-state index is 0.0175. The Morgan fingerprint density at radius 1 is 1.03 bits per heavy atom. The third kappa shape index (κ3) is 3.87. The van der Waals surface area contributed by atoms with Crippen LogP contribution in [0.25, 0.3) is 33.4 Å². The average molecular weight is 521 g/mol. The number of carbonyl (C=O) groups excluding carboxylic acids is 1. The number of carbonyl (C=O) groups is 1. The fraction of sp³-hybridized carbons (Fsp3) is 0.321. The number of rotatable bonds is 5. The number of nitrogens with one attached hydrogen (secondary N) is 1. The third-order valence-electron chi connectivity index (χ3n) is 7.59. The zero-order valence-corrected chi connectivity index (χ0v) is 20.9. The lowest BCUT2D eigenvalue weighted by Gasteiger charge is -2.32. The molecule has 0 saturated heterocycles. The van der Waals surface area contributed by atoms with E-state index in [2.05, 4.69) is 15.2 Å². The molecule has 0 radical (unpaired) electrons. The van der Waals surface area contributed by atoms with Crippen LogP contribution in [-0.4, -0.2) is 57.5 Å². The predicted molar refractivity (Wildman–Crippen MR) is 136 cm³/mol. The highest BCUT2D eigenvalue weighted by Gasteiger charge is 2.35. The Kier molecular flexibility index (Phi) is 5.98. The lowest BCUT2D eigenvalue weighted by atomic mass is 9.92. The third-order valence-corrected chi connectivity index (χ3v) is 7.59. The van der Waals surface area contributed by atoms with Gasteiger partial charge in [-0.2, -0.15) is 5.10 Å². The summed E-state index contributed by atoms with van der Waals surface area (Å²) >= 11 is 0. The molecule has 1 saturated carbocycles. The number of pyridine rings is 1. The molecule has 0 spiro atoms. The number of methoxy groups -OCH3 is 2. The number of fused-ring (bicyclic) bond motifs is 2. The molecule has 8 nitrogen and oxygen atoms in total. The summed E-state index contributed by atoms with van der Waals surface area (Å²) in [6.45, 7) is 0.518. The molecule has 38 heavy (non-hydrogen) atoms. The van der Waals surface area contributed by atoms with E-state index in [1.165, 1.54) is 26.5 Å². The van der Waals surface area contributed by atoms with Crippen LogP contribution >= 0.6 is 0 Å². The van der Waals surface area contributed by atoms with Gasteiger partial charge in [0.25, 0.3) is 5.91 Å². The van der Waals surface area contributed by atoms with E-state index in [-0.39, 0.29) is 40.8 Å². The molecule has 2 N–H and O–H groups in total. The monoisotopic (exact) mass is 520 g/mol. The fourth-order valence-electron chi connectivity index (χ4n) is 5.54. The van der Waals surface area contributed by atoms with E-state index in [0.29, 0.717) is 41.5 Å². The van der Waals surface area contributed by atoms with E-state index >= 15 is 8.78 Å². The topological polar surface area (TPSA) is 101 Å². The highest BCUT2D eigenvalue weighted by molar-refractivity contribution is 6.00. The zero-order chi connectivity index (χ0) is 26.6. The van der Waals surface area contributed by atoms with Crippen molar-refractivity contribution in [3.05, 3.63) is 59.3 Å². The number of nitrogens with zero attached hydrogens (tertiary/aromatic N) is 3. The lowest BCUT2D eigenvalue weighted by Crippen LogP contribution is -2.39. The maximum absolute atomic E-state index is 15.0. The maximum Gasteiger partial charge on any atom is 0.254 e. The number of ether oxygens (including phenoxy) is 2. The highest BCUT2D eigenvalue weighted by Crippen LogP contribution is 2.39. The number of aliphatic hydroxyl groups is 1. The van der Waals surface area contributed by atoms with Gasteiger partial charge in [-0.1, -0.05) is 6.07 Å². The minimum Gasteiger partial charge on any atom is -0.494 e. The lowest BCUT2D eigenvalue weighted by molar-refractivity contribution is 0.0519. The first-order chi connectivity index (χ1) is 18.4. The van der Waals surface area contributed by atoms with Crippen molar-refractivity contribution in [2.45, 2.75) is 44.4 Å². The summed E-state index contributed by atoms with van der Waals surface area (Å²) in [5.74, 6) is -2.05. The van der Waals surface area contributed by atoms with E-state index < -0.39 is 11.6 Å². The van der Waals surface area contributed by atoms with Gasteiger partial charge in [-0.3, -0.25) is 14.9 Å². The van der Waals surface area contributed by atoms with Gasteiger partial charge in [0.15, 0.2) is 23.1 Å². The van der Waals surface area contributed by atoms with Crippen LogP contribution in [0.3, 0.4) is 0 Å². The second kappa shape index (κ2) is 9.36. The van der Waals surface area contributed by atoms with E-state index in [1.54, 1.807) is 0 Å². The summed E-state index contributed by atoms with van der Waals surface area (Å²) in [5, 5.41) is 17.9. The van der Waals surface area contributed by atoms with Gasteiger partial charge in [0.05, 0.1) is 37.1 Å². The first-order valence-electron chi connectivity index (χ1n) is 12.5. The van der Waals surface area contributed by atoms with Gasteiger partial charge in [0, 0.05) is 41.4 Å². The molecule has 0 unspecified atom stereocenters. The number of hydrogen-bond donors (Lipinski definition) is 2. The molecule has 6 rings (SSSR count). The van der Waals surface area contributed by atoms with Crippen molar-refractivity contribution in [3.8, 4) is 34.0 Å². The van der Waals surface area contributed by atoms with E-state index in [9.17, 15) is 9.90 Å². The smallest absolute Gasteiger partial charge is 0.254 e. The molecule has 1 amide bonds. The van der Waals surface area contributed by atoms with Gasteiger partial charge in [-0.25, -0.2) is 8.78 Å². The first-order valence-corrected chi connectivity index (χ1v) is 12.5. The van der Waals surface area contributed by atoms with E-state index in [1.807, 2.05) is 23.1 Å². The number of aromatic nitrogens is 3. The summed E-state index contributed by atoms with van der Waals surface area (Å²) in [6.07, 6.45) is 4.25. The molecule has 10 heteroatoms. The summed E-state index contributed by atoms with van der Waals surface area (Å²) in [5.41, 5.74) is 3.28. The Hall–Kier alpha value is -4.05. The standard InChI is InChI=1S/C28H26F2N4O4/c1-37-22-11-23(38-2)26(30)24(25(22)29)21-10-20-19(12-31-21)27(33-32-20)14-3-8-18-15(9-14)13-34(28(18)36)16-4-6-17(35)7-5-16/h3,8-12,16-17,35H,4-7,13H2,1-2H3,(H,32,33)/t16-,17+. The van der Waals surface area contributed by atoms with E-state index in [0.717, 1.165) is 30.0 Å². The number of aromatic amines is 1. The number of aliphatic hydroxyl groups excluding tert-OH is 1. The normalized spacial score (nSPS) is 19.2. The molecule has 0 atom stereocenters. The summed E-state index contributed by atoms with van der Waals surface area (Å²) in [4.78, 5) is 19.3. The van der Waals surface area contributed by atoms with Crippen molar-refractivity contribution < 1.29 is 28.2 Å². The van der Waals surface area contributed by atoms with Crippen LogP contribution < -0.4 is 9.47 Å². The largest absolute Gasteiger partial charge is 0.494 e. The zero-order valence-electron chi connectivity index (χ0n) is 20.9. The van der Waals surface area contributed by atoms with Crippen LogP contribution in [0.1, 0.15) is 41.6 Å². The maximum atomic E-state index is 15.0. The quantitative estimate of drug-likeness (QED) is 0.390. The fourth-order valence-corrected chi connectivity index (χ4v) is 5.54. The van der Waals surface area contributed by atoms with Gasteiger partial charge >= 0.3 is 0 Å². The average Bonchev–Trinajstić information content (AvgIpc) is 3.50. The van der Waals surface area contributed by atoms with Gasteiger partial charge in [-0.15, -0.1) is 0 Å². The van der Waals surface area contributed by atoms with Crippen LogP contribution in [0.15, 0.2) is 36.5 Å². The second-order valence-electron chi connectivity index (χ2n) is 9.74. The molecule has 1 aliphatic carbocycles. The van der Waals surface area contributed by atoms with Crippen LogP contribution in [-0.2, 0) is 6.54 Å². The van der Waals surface area contributed by atoms with Gasteiger partial charge in [0.1, 0.15) is 5.69 Å². The molecule has 3 heterocycles. The summed E-state index contributed by atoms with van der Waals surface area (Å²) in [6, 6.07) is 8.44. The molecule has 0 bridgehead atoms. The molecule has 196 valence electrons. The van der Waals surface area contributed by atoms with Gasteiger partial charge in [0.2, 0.25) is 0 Å². The van der Waals surface area contributed by atoms with Crippen molar-refractivity contribution in [2.75, 3.05) is 14.2 Å². The van der Waals surface area contributed by atoms with Crippen molar-refractivity contribution in [3.63, 3.8) is 0 Å². The first kappa shape index (κ1) is 24.3. The Bertz CT molecular complexity index is 1530. The van der Waals surface area contributed by atoms with Crippen molar-refractivity contribution in [1.82, 2.24) is 20.1 Å². The Morgan fingerprint density at radius 2 is 1.74 bits per heavy atom. The molecule has 2 aromatic heterocycles. The SMILES string of the molecule is COc1cc(OC)c(F)c(-c2cc3[nH]nc(-c4ccc5c(c4)CN([C@H]4CC[C@@H](O)CC4)C5=O)c3cn2)c1F. The predicted octanol–water partition coefficient (Wildman–Crippen LogP) is 4.85. The number of halogens is 2. The van der Waals surface area contributed by atoms with Crippen LogP contribution in [0, 0.1) is 11.6 Å². The highest BCUT2D eigenvalue weighted by atomic mass is 19.1. The molecule has 1 aliphatic heterocycles. The molecule has 4 aromatic rings. The molecular weight excluding hydrogens is 494 g/mol. The Balaban J connectivity index is 1.33. The van der Waals surface area contributed by atoms with Crippen LogP contribution in [0.2, 0.25) is 0 Å². The second-order valence-corrected chi connectivity index (χ2v) is 9.74. The number of amides is 1. The Labute approximate surface area is 217 Å².